The number of amides is 1. The van der Waals surface area contributed by atoms with E-state index in [1.807, 2.05) is 35.9 Å². The Balaban J connectivity index is 1.82. The van der Waals surface area contributed by atoms with Gasteiger partial charge < -0.3 is 14.5 Å². The fourth-order valence-electron chi connectivity index (χ4n) is 2.18. The van der Waals surface area contributed by atoms with E-state index in [4.69, 9.17) is 4.74 Å². The molecule has 0 aliphatic rings. The van der Waals surface area contributed by atoms with Crippen molar-refractivity contribution in [2.24, 2.45) is 0 Å². The predicted octanol–water partition coefficient (Wildman–Crippen LogP) is 2.38. The summed E-state index contributed by atoms with van der Waals surface area (Å²) < 4.78 is 7.10. The molecule has 0 fully saturated rings. The molecular formula is C17H23N3O3. The largest absolute Gasteiger partial charge is 0.460 e. The molecule has 2 aromatic heterocycles. The summed E-state index contributed by atoms with van der Waals surface area (Å²) in [6, 6.07) is 3.94. The molecule has 0 aliphatic heterocycles. The molecule has 2 rings (SSSR count). The van der Waals surface area contributed by atoms with E-state index in [1.165, 1.54) is 0 Å². The average molecular weight is 317 g/mol. The number of rotatable bonds is 5. The molecule has 6 heteroatoms. The Morgan fingerprint density at radius 1 is 1.30 bits per heavy atom. The average Bonchev–Trinajstić information content (AvgIpc) is 2.85. The van der Waals surface area contributed by atoms with Crippen LogP contribution in [0.3, 0.4) is 0 Å². The number of hydrogen-bond acceptors (Lipinski definition) is 4. The quantitative estimate of drug-likeness (QED) is 0.859. The number of fused-ring (bicyclic) bond motifs is 1. The van der Waals surface area contributed by atoms with Gasteiger partial charge in [0, 0.05) is 18.8 Å². The Hall–Kier alpha value is -2.37. The number of carbonyl (C=O) groups is 2. The van der Waals surface area contributed by atoms with Crippen LogP contribution in [0.5, 0.6) is 0 Å². The fraction of sp³-hybridized carbons (Fsp3) is 0.471. The van der Waals surface area contributed by atoms with E-state index in [-0.39, 0.29) is 24.7 Å². The second kappa shape index (κ2) is 6.81. The summed E-state index contributed by atoms with van der Waals surface area (Å²) in [6.45, 7) is 7.74. The van der Waals surface area contributed by atoms with Gasteiger partial charge in [-0.15, -0.1) is 0 Å². The van der Waals surface area contributed by atoms with E-state index in [1.54, 1.807) is 20.8 Å². The summed E-state index contributed by atoms with van der Waals surface area (Å²) in [4.78, 5) is 27.9. The highest BCUT2D eigenvalue weighted by atomic mass is 16.6. The van der Waals surface area contributed by atoms with E-state index in [0.29, 0.717) is 6.54 Å². The van der Waals surface area contributed by atoms with Crippen molar-refractivity contribution >= 4 is 17.5 Å². The van der Waals surface area contributed by atoms with E-state index >= 15 is 0 Å². The Labute approximate surface area is 135 Å². The van der Waals surface area contributed by atoms with Crippen LogP contribution in [0, 0.1) is 6.92 Å². The van der Waals surface area contributed by atoms with Crippen LogP contribution in [0.4, 0.5) is 0 Å². The third-order valence-electron chi connectivity index (χ3n) is 3.17. The number of aromatic nitrogens is 2. The summed E-state index contributed by atoms with van der Waals surface area (Å²) in [6.07, 6.45) is 3.99. The van der Waals surface area contributed by atoms with Gasteiger partial charge in [-0.05, 0) is 39.3 Å². The highest BCUT2D eigenvalue weighted by molar-refractivity contribution is 5.81. The van der Waals surface area contributed by atoms with Crippen LogP contribution in [0.1, 0.15) is 44.9 Å². The monoisotopic (exact) mass is 317 g/mol. The van der Waals surface area contributed by atoms with Gasteiger partial charge in [0.05, 0.1) is 18.7 Å². The van der Waals surface area contributed by atoms with Gasteiger partial charge in [0.2, 0.25) is 5.91 Å². The van der Waals surface area contributed by atoms with Crippen LogP contribution in [0.15, 0.2) is 24.5 Å². The van der Waals surface area contributed by atoms with Gasteiger partial charge >= 0.3 is 5.97 Å². The summed E-state index contributed by atoms with van der Waals surface area (Å²) in [5.74, 6) is -0.555. The summed E-state index contributed by atoms with van der Waals surface area (Å²) in [5.41, 5.74) is 2.22. The number of esters is 1. The highest BCUT2D eigenvalue weighted by Gasteiger charge is 2.17. The molecule has 0 atom stereocenters. The third kappa shape index (κ3) is 5.09. The van der Waals surface area contributed by atoms with E-state index in [2.05, 4.69) is 10.3 Å². The molecule has 0 radical (unpaired) electrons. The van der Waals surface area contributed by atoms with E-state index in [9.17, 15) is 9.59 Å². The zero-order chi connectivity index (χ0) is 17.0. The number of carbonyl (C=O) groups excluding carboxylic acids is 2. The number of nitrogens with zero attached hydrogens (tertiary/aromatic N) is 2. The summed E-state index contributed by atoms with van der Waals surface area (Å²) >= 11 is 0. The van der Waals surface area contributed by atoms with Gasteiger partial charge in [-0.25, -0.2) is 4.98 Å². The molecule has 0 unspecified atom stereocenters. The first kappa shape index (κ1) is 17.0. The maximum Gasteiger partial charge on any atom is 0.306 e. The zero-order valence-electron chi connectivity index (χ0n) is 14.0. The first-order valence-corrected chi connectivity index (χ1v) is 7.66. The molecule has 0 aliphatic carbocycles. The normalized spacial score (nSPS) is 11.5. The van der Waals surface area contributed by atoms with Crippen molar-refractivity contribution < 1.29 is 14.3 Å². The van der Waals surface area contributed by atoms with Gasteiger partial charge in [0.1, 0.15) is 11.2 Å². The minimum absolute atomic E-state index is 0.0768. The minimum atomic E-state index is -0.526. The van der Waals surface area contributed by atoms with Crippen LogP contribution in [0.2, 0.25) is 0 Å². The van der Waals surface area contributed by atoms with E-state index < -0.39 is 5.60 Å². The van der Waals surface area contributed by atoms with E-state index in [0.717, 1.165) is 16.9 Å². The molecule has 0 bridgehead atoms. The molecule has 0 saturated heterocycles. The fourth-order valence-corrected chi connectivity index (χ4v) is 2.18. The number of imidazole rings is 1. The third-order valence-corrected chi connectivity index (χ3v) is 3.17. The summed E-state index contributed by atoms with van der Waals surface area (Å²) in [7, 11) is 0. The van der Waals surface area contributed by atoms with Crippen molar-refractivity contribution in [2.75, 3.05) is 0 Å². The first-order valence-electron chi connectivity index (χ1n) is 7.66. The van der Waals surface area contributed by atoms with Crippen molar-refractivity contribution in [3.63, 3.8) is 0 Å². The highest BCUT2D eigenvalue weighted by Crippen LogP contribution is 2.10. The van der Waals surface area contributed by atoms with Crippen molar-refractivity contribution in [3.8, 4) is 0 Å². The number of aryl methyl sites for hydroxylation is 1. The molecule has 0 aromatic carbocycles. The topological polar surface area (TPSA) is 72.7 Å². The SMILES string of the molecule is Cc1cccn2cc(CNC(=O)CCC(=O)OC(C)(C)C)nc12. The second-order valence-electron chi connectivity index (χ2n) is 6.52. The molecule has 6 nitrogen and oxygen atoms in total. The van der Waals surface area contributed by atoms with Crippen LogP contribution in [0.25, 0.3) is 5.65 Å². The van der Waals surface area contributed by atoms with Gasteiger partial charge in [-0.3, -0.25) is 9.59 Å². The lowest BCUT2D eigenvalue weighted by Crippen LogP contribution is -2.27. The molecule has 1 N–H and O–H groups in total. The number of nitrogens with one attached hydrogen (secondary N) is 1. The number of hydrogen-bond donors (Lipinski definition) is 1. The zero-order valence-corrected chi connectivity index (χ0v) is 14.0. The van der Waals surface area contributed by atoms with Crippen molar-refractivity contribution in [2.45, 2.75) is 52.7 Å². The number of pyridine rings is 1. The lowest BCUT2D eigenvalue weighted by molar-refractivity contribution is -0.155. The Morgan fingerprint density at radius 3 is 2.70 bits per heavy atom. The minimum Gasteiger partial charge on any atom is -0.460 e. The molecule has 23 heavy (non-hydrogen) atoms. The molecular weight excluding hydrogens is 294 g/mol. The van der Waals surface area contributed by atoms with Gasteiger partial charge in [-0.1, -0.05) is 6.07 Å². The molecule has 124 valence electrons. The Kier molecular flexibility index (Phi) is 5.03. The lowest BCUT2D eigenvalue weighted by Gasteiger charge is -2.19. The molecule has 2 aromatic rings. The van der Waals surface area contributed by atoms with Gasteiger partial charge in [-0.2, -0.15) is 0 Å². The first-order chi connectivity index (χ1) is 10.7. The summed E-state index contributed by atoms with van der Waals surface area (Å²) in [5, 5.41) is 2.78. The van der Waals surface area contributed by atoms with Crippen molar-refractivity contribution in [3.05, 3.63) is 35.8 Å². The van der Waals surface area contributed by atoms with Crippen LogP contribution >= 0.6 is 0 Å². The maximum atomic E-state index is 11.8. The molecule has 1 amide bonds. The van der Waals surface area contributed by atoms with Crippen LogP contribution < -0.4 is 5.32 Å². The Morgan fingerprint density at radius 2 is 2.04 bits per heavy atom. The van der Waals surface area contributed by atoms with Crippen LogP contribution in [-0.4, -0.2) is 26.9 Å². The van der Waals surface area contributed by atoms with Crippen molar-refractivity contribution in [1.29, 1.82) is 0 Å². The van der Waals surface area contributed by atoms with Gasteiger partial charge in [0.25, 0.3) is 0 Å². The maximum absolute atomic E-state index is 11.8. The van der Waals surface area contributed by atoms with Gasteiger partial charge in [0.15, 0.2) is 0 Å². The number of ether oxygens (including phenoxy) is 1. The second-order valence-corrected chi connectivity index (χ2v) is 6.52. The molecule has 2 heterocycles. The molecule has 0 spiro atoms. The predicted molar refractivity (Wildman–Crippen MR) is 86.9 cm³/mol. The van der Waals surface area contributed by atoms with Crippen molar-refractivity contribution in [1.82, 2.24) is 14.7 Å². The Bertz CT molecular complexity index is 713. The molecule has 0 saturated carbocycles. The lowest BCUT2D eigenvalue weighted by atomic mass is 10.2. The smallest absolute Gasteiger partial charge is 0.306 e. The van der Waals surface area contributed by atoms with Crippen LogP contribution in [-0.2, 0) is 20.9 Å². The standard InChI is InChI=1S/C17H23N3O3/c1-12-6-5-9-20-11-13(19-16(12)20)10-18-14(21)7-8-15(22)23-17(2,3)4/h5-6,9,11H,7-8,10H2,1-4H3,(H,18,21).